The molecule has 6 aromatic rings. The number of fused-ring (bicyclic) bond motifs is 2. The summed E-state index contributed by atoms with van der Waals surface area (Å²) in [5.74, 6) is 0.581. The van der Waals surface area contributed by atoms with Gasteiger partial charge in [-0.3, -0.25) is 10.1 Å². The number of ether oxygens (including phenoxy) is 1. The number of halogens is 1. The molecule has 0 saturated heterocycles. The van der Waals surface area contributed by atoms with Crippen molar-refractivity contribution in [3.05, 3.63) is 72.4 Å². The zero-order chi connectivity index (χ0) is 28.3. The van der Waals surface area contributed by atoms with Gasteiger partial charge in [0.25, 0.3) is 0 Å². The monoisotopic (exact) mass is 551 g/mol. The van der Waals surface area contributed by atoms with E-state index in [9.17, 15) is 4.39 Å². The van der Waals surface area contributed by atoms with Crippen molar-refractivity contribution >= 4 is 22.2 Å². The lowest BCUT2D eigenvalue weighted by Gasteiger charge is -2.12. The van der Waals surface area contributed by atoms with Crippen LogP contribution in [0.25, 0.3) is 56.1 Å². The van der Waals surface area contributed by atoms with Crippen molar-refractivity contribution < 1.29 is 9.13 Å². The number of aromatic amines is 2. The van der Waals surface area contributed by atoms with Gasteiger partial charge in [0.1, 0.15) is 29.2 Å². The van der Waals surface area contributed by atoms with Crippen molar-refractivity contribution in [2.45, 2.75) is 13.5 Å². The Labute approximate surface area is 236 Å². The predicted molar refractivity (Wildman–Crippen MR) is 157 cm³/mol. The fourth-order valence-corrected chi connectivity index (χ4v) is 4.62. The molecule has 41 heavy (non-hydrogen) atoms. The van der Waals surface area contributed by atoms with Crippen molar-refractivity contribution in [3.8, 4) is 39.7 Å². The molecule has 10 nitrogen and oxygen atoms in total. The number of likely N-dealkylation sites (N-methyl/N-ethyl adjacent to an activating group) is 1. The van der Waals surface area contributed by atoms with Crippen LogP contribution in [0.5, 0.6) is 5.75 Å². The lowest BCUT2D eigenvalue weighted by atomic mass is 10.1. The summed E-state index contributed by atoms with van der Waals surface area (Å²) >= 11 is 0. The van der Waals surface area contributed by atoms with Crippen LogP contribution in [0, 0.1) is 5.82 Å². The third-order valence-corrected chi connectivity index (χ3v) is 6.68. The number of imidazole rings is 1. The third-order valence-electron chi connectivity index (χ3n) is 6.68. The van der Waals surface area contributed by atoms with E-state index in [0.29, 0.717) is 46.1 Å². The van der Waals surface area contributed by atoms with E-state index < -0.39 is 0 Å². The summed E-state index contributed by atoms with van der Waals surface area (Å²) in [4.78, 5) is 23.9. The second-order valence-corrected chi connectivity index (χ2v) is 10.00. The number of hydrogen-bond donors (Lipinski definition) is 3. The number of hydrogen-bond acceptors (Lipinski definition) is 8. The fourth-order valence-electron chi connectivity index (χ4n) is 4.62. The summed E-state index contributed by atoms with van der Waals surface area (Å²) < 4.78 is 20.4. The number of nitrogens with one attached hydrogen (secondary N) is 3. The molecule has 0 fully saturated rings. The predicted octanol–water partition coefficient (Wildman–Crippen LogP) is 4.81. The molecule has 1 aromatic carbocycles. The Hall–Kier alpha value is -4.74. The Morgan fingerprint density at radius 3 is 2.76 bits per heavy atom. The number of H-pyrrole nitrogens is 2. The van der Waals surface area contributed by atoms with Crippen LogP contribution in [-0.2, 0) is 6.54 Å². The minimum Gasteiger partial charge on any atom is -0.492 e. The topological polar surface area (TPSA) is 121 Å². The van der Waals surface area contributed by atoms with E-state index in [0.717, 1.165) is 47.5 Å². The van der Waals surface area contributed by atoms with Gasteiger partial charge < -0.3 is 19.9 Å². The summed E-state index contributed by atoms with van der Waals surface area (Å²) in [5.41, 5.74) is 7.32. The van der Waals surface area contributed by atoms with Crippen LogP contribution in [0.1, 0.15) is 12.5 Å². The van der Waals surface area contributed by atoms with Gasteiger partial charge in [0, 0.05) is 48.9 Å². The van der Waals surface area contributed by atoms with Gasteiger partial charge in [0.15, 0.2) is 17.2 Å². The molecule has 0 unspecified atom stereocenters. The third kappa shape index (κ3) is 5.63. The largest absolute Gasteiger partial charge is 0.492 e. The number of aromatic nitrogens is 7. The molecule has 5 heterocycles. The van der Waals surface area contributed by atoms with Crippen LogP contribution < -0.4 is 10.1 Å². The lowest BCUT2D eigenvalue weighted by molar-refractivity contribution is 0.260. The molecule has 0 aliphatic heterocycles. The maximum atomic E-state index is 14.6. The highest BCUT2D eigenvalue weighted by Gasteiger charge is 2.18. The number of rotatable bonds is 10. The van der Waals surface area contributed by atoms with Crippen LogP contribution in [0.3, 0.4) is 0 Å². The van der Waals surface area contributed by atoms with E-state index in [4.69, 9.17) is 14.7 Å². The van der Waals surface area contributed by atoms with Crippen LogP contribution in [0.4, 0.5) is 4.39 Å². The average Bonchev–Trinajstić information content (AvgIpc) is 3.59. The van der Waals surface area contributed by atoms with Crippen molar-refractivity contribution in [2.75, 3.05) is 33.8 Å². The molecule has 0 radical (unpaired) electrons. The molecule has 0 aliphatic carbocycles. The number of benzene rings is 1. The first-order chi connectivity index (χ1) is 20.0. The molecule has 0 saturated carbocycles. The molecule has 208 valence electrons. The van der Waals surface area contributed by atoms with E-state index in [1.165, 1.54) is 12.1 Å². The Kier molecular flexibility index (Phi) is 7.36. The molecule has 0 aliphatic rings. The molecule has 5 aromatic heterocycles. The molecule has 0 atom stereocenters. The van der Waals surface area contributed by atoms with Crippen molar-refractivity contribution in [1.82, 2.24) is 45.3 Å². The molecule has 0 spiro atoms. The Morgan fingerprint density at radius 1 is 1.00 bits per heavy atom. The van der Waals surface area contributed by atoms with Gasteiger partial charge in [-0.05, 0) is 68.2 Å². The van der Waals surface area contributed by atoms with Crippen molar-refractivity contribution in [1.29, 1.82) is 0 Å². The highest BCUT2D eigenvalue weighted by atomic mass is 19.1. The first-order valence-electron chi connectivity index (χ1n) is 13.4. The minimum atomic E-state index is -0.387. The zero-order valence-corrected chi connectivity index (χ0v) is 23.1. The second-order valence-electron chi connectivity index (χ2n) is 10.00. The van der Waals surface area contributed by atoms with Gasteiger partial charge in [-0.25, -0.2) is 19.3 Å². The van der Waals surface area contributed by atoms with E-state index in [1.807, 2.05) is 49.5 Å². The van der Waals surface area contributed by atoms with Crippen LogP contribution in [0.15, 0.2) is 61.1 Å². The maximum Gasteiger partial charge on any atom is 0.162 e. The first kappa shape index (κ1) is 26.5. The number of nitrogens with zero attached hydrogens (tertiary/aromatic N) is 6. The van der Waals surface area contributed by atoms with Crippen LogP contribution in [-0.4, -0.2) is 73.8 Å². The van der Waals surface area contributed by atoms with E-state index in [-0.39, 0.29) is 5.82 Å². The highest BCUT2D eigenvalue weighted by Crippen LogP contribution is 2.33. The molecule has 11 heteroatoms. The van der Waals surface area contributed by atoms with Gasteiger partial charge >= 0.3 is 0 Å². The average molecular weight is 552 g/mol. The van der Waals surface area contributed by atoms with Gasteiger partial charge in [-0.2, -0.15) is 5.10 Å². The molecule has 0 amide bonds. The molecule has 0 bridgehead atoms. The summed E-state index contributed by atoms with van der Waals surface area (Å²) in [6.45, 7) is 4.86. The SMILES string of the molecule is CCNCc1cncc(-c2ccc3[nH]nc(-c4nc5c(-c6cc(F)cc(OCCN(C)C)c6)ccnc5[nH]4)c3n2)c1. The van der Waals surface area contributed by atoms with E-state index in [1.54, 1.807) is 12.4 Å². The summed E-state index contributed by atoms with van der Waals surface area (Å²) in [6.07, 6.45) is 5.33. The lowest BCUT2D eigenvalue weighted by Crippen LogP contribution is -2.19. The van der Waals surface area contributed by atoms with Crippen LogP contribution >= 0.6 is 0 Å². The fraction of sp³-hybridized carbons (Fsp3) is 0.233. The smallest absolute Gasteiger partial charge is 0.162 e. The van der Waals surface area contributed by atoms with Gasteiger partial charge in [0.05, 0.1) is 11.2 Å². The molecular weight excluding hydrogens is 521 g/mol. The summed E-state index contributed by atoms with van der Waals surface area (Å²) in [7, 11) is 3.92. The normalized spacial score (nSPS) is 11.6. The second kappa shape index (κ2) is 11.4. The number of pyridine rings is 3. The van der Waals surface area contributed by atoms with Crippen molar-refractivity contribution in [3.63, 3.8) is 0 Å². The molecule has 6 rings (SSSR count). The molecule has 3 N–H and O–H groups in total. The Bertz CT molecular complexity index is 1830. The Morgan fingerprint density at radius 2 is 1.90 bits per heavy atom. The summed E-state index contributed by atoms with van der Waals surface area (Å²) in [5, 5.41) is 10.9. The zero-order valence-electron chi connectivity index (χ0n) is 23.1. The quantitative estimate of drug-likeness (QED) is 0.222. The van der Waals surface area contributed by atoms with Crippen molar-refractivity contribution in [2.24, 2.45) is 0 Å². The van der Waals surface area contributed by atoms with Gasteiger partial charge in [-0.15, -0.1) is 0 Å². The maximum absolute atomic E-state index is 14.6. The first-order valence-corrected chi connectivity index (χ1v) is 13.4. The standard InChI is InChI=1S/C30H30FN9O/c1-4-32-15-18-11-20(17-33-16-18)24-5-6-25-27(35-24)28(39-38-25)30-36-26-23(7-8-34-29(26)37-30)19-12-21(31)14-22(13-19)41-10-9-40(2)3/h5-8,11-14,16-17,32H,4,9-10,15H2,1-3H3,(H,38,39)(H,34,36,37). The van der Waals surface area contributed by atoms with Gasteiger partial charge in [0.2, 0.25) is 0 Å². The minimum absolute atomic E-state index is 0.387. The van der Waals surface area contributed by atoms with Crippen LogP contribution in [0.2, 0.25) is 0 Å². The van der Waals surface area contributed by atoms with E-state index >= 15 is 0 Å². The van der Waals surface area contributed by atoms with E-state index in [2.05, 4.69) is 43.5 Å². The Balaban J connectivity index is 1.37. The molecular formula is C30H30FN9O. The highest BCUT2D eigenvalue weighted by molar-refractivity contribution is 5.95. The van der Waals surface area contributed by atoms with Gasteiger partial charge in [-0.1, -0.05) is 6.92 Å². The summed E-state index contributed by atoms with van der Waals surface area (Å²) in [6, 6.07) is 12.5.